The van der Waals surface area contributed by atoms with Gasteiger partial charge in [-0.25, -0.2) is 4.79 Å². The van der Waals surface area contributed by atoms with Crippen molar-refractivity contribution in [2.45, 2.75) is 31.1 Å². The van der Waals surface area contributed by atoms with E-state index in [1.165, 1.54) is 11.3 Å². The second-order valence-corrected chi connectivity index (χ2v) is 6.57. The monoisotopic (exact) mass is 379 g/mol. The zero-order valence-corrected chi connectivity index (χ0v) is 14.1. The minimum atomic E-state index is -1.54. The van der Waals surface area contributed by atoms with Crippen LogP contribution in [0, 0.1) is 4.91 Å². The minimum Gasteiger partial charge on any atom is -0.388 e. The van der Waals surface area contributed by atoms with Gasteiger partial charge in [0.05, 0.1) is 25.0 Å². The predicted molar refractivity (Wildman–Crippen MR) is 86.2 cm³/mol. The largest absolute Gasteiger partial charge is 0.388 e. The number of hydrogen-bond donors (Lipinski definition) is 3. The molecule has 0 spiro atoms. The summed E-state index contributed by atoms with van der Waals surface area (Å²) in [5.74, 6) is -0.000259. The molecule has 2 amide bonds. The highest BCUT2D eigenvalue weighted by atomic mass is 35.5. The van der Waals surface area contributed by atoms with Crippen molar-refractivity contribution in [3.63, 3.8) is 0 Å². The second-order valence-electron chi connectivity index (χ2n) is 5.16. The Morgan fingerprint density at radius 1 is 1.42 bits per heavy atom. The Bertz CT molecular complexity index is 548. The zero-order chi connectivity index (χ0) is 17.7. The number of nitroso groups, excluding NO2 is 1. The summed E-state index contributed by atoms with van der Waals surface area (Å²) in [5.41, 5.74) is 0. The van der Waals surface area contributed by atoms with Crippen LogP contribution in [0.15, 0.2) is 22.8 Å². The van der Waals surface area contributed by atoms with Gasteiger partial charge in [0.25, 0.3) is 0 Å². The van der Waals surface area contributed by atoms with E-state index < -0.39 is 30.6 Å². The van der Waals surface area contributed by atoms with E-state index in [4.69, 9.17) is 16.3 Å². The maximum atomic E-state index is 12.6. The van der Waals surface area contributed by atoms with Gasteiger partial charge in [-0.2, -0.15) is 5.01 Å². The van der Waals surface area contributed by atoms with Crippen LogP contribution in [0.4, 0.5) is 4.79 Å². The maximum absolute atomic E-state index is 12.6. The maximum Gasteiger partial charge on any atom is 0.345 e. The number of thiophene rings is 1. The number of carbonyl (C=O) groups excluding carboxylic acids is 1. The number of alkyl halides is 1. The molecule has 2 heterocycles. The summed E-state index contributed by atoms with van der Waals surface area (Å²) in [6, 6.07) is 2.74. The Labute approximate surface area is 146 Å². The van der Waals surface area contributed by atoms with Gasteiger partial charge < -0.3 is 20.1 Å². The van der Waals surface area contributed by atoms with Crippen LogP contribution in [0.1, 0.15) is 4.88 Å². The zero-order valence-electron chi connectivity index (χ0n) is 12.6. The van der Waals surface area contributed by atoms with E-state index in [0.29, 0.717) is 5.01 Å². The molecule has 2 rings (SSSR count). The van der Waals surface area contributed by atoms with E-state index >= 15 is 0 Å². The van der Waals surface area contributed by atoms with Crippen molar-refractivity contribution in [2.75, 3.05) is 19.0 Å². The smallest absolute Gasteiger partial charge is 0.345 e. The number of hydrogen-bond acceptors (Lipinski definition) is 8. The number of ether oxygens (including phenoxy) is 1. The fraction of sp³-hybridized carbons (Fsp3) is 0.615. The van der Waals surface area contributed by atoms with Crippen LogP contribution in [0.5, 0.6) is 0 Å². The van der Waals surface area contributed by atoms with E-state index in [2.05, 4.69) is 5.29 Å². The SMILES string of the molecule is O=NN(CCCl)C(=O)N(Cc1cccs1)[C@@H]1OC[C@@H](O)[C@@H](O)[C@@H]1O. The molecule has 1 fully saturated rings. The van der Waals surface area contributed by atoms with Gasteiger partial charge in [0.2, 0.25) is 0 Å². The standard InChI is InChI=1S/C13H18ClN3O6S/c14-3-4-17(15-22)13(21)16(6-8-2-1-5-24-8)12-11(20)10(19)9(18)7-23-12/h1-2,5,9-12,18-20H,3-4,6-7H2/t9-,10-,11+,12-/m1/s1. The molecule has 24 heavy (non-hydrogen) atoms. The topological polar surface area (TPSA) is 123 Å². The fourth-order valence-corrected chi connectivity index (χ4v) is 3.16. The van der Waals surface area contributed by atoms with Gasteiger partial charge in [-0.15, -0.1) is 27.8 Å². The van der Waals surface area contributed by atoms with Crippen molar-refractivity contribution in [3.8, 4) is 0 Å². The highest BCUT2D eigenvalue weighted by Crippen LogP contribution is 2.23. The molecule has 1 saturated heterocycles. The number of aliphatic hydroxyl groups is 3. The molecule has 134 valence electrons. The van der Waals surface area contributed by atoms with Crippen molar-refractivity contribution >= 4 is 29.0 Å². The number of nitrogens with zero attached hydrogens (tertiary/aromatic N) is 3. The quantitative estimate of drug-likeness (QED) is 0.372. The molecule has 1 aliphatic heterocycles. The predicted octanol–water partition coefficient (Wildman–Crippen LogP) is 0.331. The molecule has 11 heteroatoms. The molecule has 0 aromatic carbocycles. The van der Waals surface area contributed by atoms with Crippen LogP contribution in [-0.2, 0) is 11.3 Å². The Kier molecular flexibility index (Phi) is 6.90. The minimum absolute atomic E-state index is 0.000259. The van der Waals surface area contributed by atoms with Crippen LogP contribution in [0.3, 0.4) is 0 Å². The van der Waals surface area contributed by atoms with Crippen molar-refractivity contribution in [2.24, 2.45) is 5.29 Å². The molecule has 0 bridgehead atoms. The third-order valence-corrected chi connectivity index (χ3v) is 4.58. The fourth-order valence-electron chi connectivity index (χ4n) is 2.30. The molecule has 9 nitrogen and oxygen atoms in total. The molecule has 0 saturated carbocycles. The first-order chi connectivity index (χ1) is 11.5. The summed E-state index contributed by atoms with van der Waals surface area (Å²) in [5, 5.41) is 34.6. The van der Waals surface area contributed by atoms with Crippen LogP contribution >= 0.6 is 22.9 Å². The van der Waals surface area contributed by atoms with Gasteiger partial charge in [-0.3, -0.25) is 4.90 Å². The average molecular weight is 380 g/mol. The third-order valence-electron chi connectivity index (χ3n) is 3.55. The van der Waals surface area contributed by atoms with Crippen molar-refractivity contribution in [3.05, 3.63) is 27.3 Å². The number of halogens is 1. The molecule has 4 atom stereocenters. The van der Waals surface area contributed by atoms with Crippen LogP contribution in [0.2, 0.25) is 0 Å². The first-order valence-electron chi connectivity index (χ1n) is 7.15. The highest BCUT2D eigenvalue weighted by molar-refractivity contribution is 7.09. The summed E-state index contributed by atoms with van der Waals surface area (Å²) in [7, 11) is 0. The summed E-state index contributed by atoms with van der Waals surface area (Å²) >= 11 is 6.93. The molecule has 0 unspecified atom stereocenters. The van der Waals surface area contributed by atoms with Crippen LogP contribution in [-0.4, -0.2) is 74.8 Å². The number of amides is 2. The van der Waals surface area contributed by atoms with E-state index in [9.17, 15) is 25.0 Å². The lowest BCUT2D eigenvalue weighted by Crippen LogP contribution is -2.61. The number of aliphatic hydroxyl groups excluding tert-OH is 3. The van der Waals surface area contributed by atoms with E-state index in [1.54, 1.807) is 12.1 Å². The van der Waals surface area contributed by atoms with Crippen LogP contribution in [0.25, 0.3) is 0 Å². The Morgan fingerprint density at radius 3 is 2.75 bits per heavy atom. The van der Waals surface area contributed by atoms with Gasteiger partial charge in [-0.05, 0) is 11.4 Å². The number of rotatable bonds is 6. The van der Waals surface area contributed by atoms with Crippen molar-refractivity contribution in [1.29, 1.82) is 0 Å². The van der Waals surface area contributed by atoms with E-state index in [0.717, 1.165) is 9.78 Å². The summed E-state index contributed by atoms with van der Waals surface area (Å²) < 4.78 is 5.32. The Balaban J connectivity index is 2.25. The molecule has 1 aromatic rings. The average Bonchev–Trinajstić information content (AvgIpc) is 3.09. The van der Waals surface area contributed by atoms with Crippen LogP contribution < -0.4 is 0 Å². The Morgan fingerprint density at radius 2 is 2.17 bits per heavy atom. The normalized spacial score (nSPS) is 26.8. The molecule has 1 aromatic heterocycles. The first kappa shape index (κ1) is 19.0. The van der Waals surface area contributed by atoms with Gasteiger partial charge in [0.15, 0.2) is 6.23 Å². The summed E-state index contributed by atoms with van der Waals surface area (Å²) in [4.78, 5) is 25.4. The van der Waals surface area contributed by atoms with Crippen molar-refractivity contribution in [1.82, 2.24) is 9.91 Å². The second kappa shape index (κ2) is 8.70. The molecule has 0 aliphatic carbocycles. The molecular weight excluding hydrogens is 362 g/mol. The lowest BCUT2D eigenvalue weighted by atomic mass is 10.0. The lowest BCUT2D eigenvalue weighted by molar-refractivity contribution is -0.221. The first-order valence-corrected chi connectivity index (χ1v) is 8.56. The molecule has 3 N–H and O–H groups in total. The van der Waals surface area contributed by atoms with Gasteiger partial charge in [0.1, 0.15) is 18.3 Å². The summed E-state index contributed by atoms with van der Waals surface area (Å²) in [6.07, 6.45) is -5.52. The van der Waals surface area contributed by atoms with E-state index in [1.807, 2.05) is 5.38 Å². The number of urea groups is 1. The summed E-state index contributed by atoms with van der Waals surface area (Å²) in [6.45, 7) is -0.338. The van der Waals surface area contributed by atoms with Gasteiger partial charge in [-0.1, -0.05) is 6.07 Å². The Hall–Kier alpha value is -1.30. The molecule has 1 aliphatic rings. The molecular formula is C13H18ClN3O6S. The highest BCUT2D eigenvalue weighted by Gasteiger charge is 2.43. The van der Waals surface area contributed by atoms with E-state index in [-0.39, 0.29) is 25.6 Å². The lowest BCUT2D eigenvalue weighted by Gasteiger charge is -2.41. The van der Waals surface area contributed by atoms with Crippen molar-refractivity contribution < 1.29 is 24.9 Å². The third kappa shape index (κ3) is 4.21. The number of carbonyl (C=O) groups is 1. The van der Waals surface area contributed by atoms with Gasteiger partial charge in [0, 0.05) is 10.8 Å². The molecule has 0 radical (unpaired) electrons. The van der Waals surface area contributed by atoms with Gasteiger partial charge >= 0.3 is 6.03 Å².